The maximum atomic E-state index is 12.0. The highest BCUT2D eigenvalue weighted by atomic mass is 16.1. The molecule has 0 radical (unpaired) electrons. The molecule has 23 heavy (non-hydrogen) atoms. The lowest BCUT2D eigenvalue weighted by molar-refractivity contribution is -0.116. The molecule has 0 bridgehead atoms. The average Bonchev–Trinajstić information content (AvgIpc) is 2.98. The van der Waals surface area contributed by atoms with Gasteiger partial charge in [-0.15, -0.1) is 0 Å². The second-order valence-corrected chi connectivity index (χ2v) is 5.86. The van der Waals surface area contributed by atoms with Crippen molar-refractivity contribution < 1.29 is 4.79 Å². The Bertz CT molecular complexity index is 684. The fraction of sp³-hybridized carbons (Fsp3) is 0.316. The van der Waals surface area contributed by atoms with Crippen molar-refractivity contribution in [1.29, 1.82) is 0 Å². The average molecular weight is 309 g/mol. The number of para-hydroxylation sites is 2. The number of carbonyl (C=O) groups is 1. The van der Waals surface area contributed by atoms with Gasteiger partial charge in [0.05, 0.1) is 0 Å². The van der Waals surface area contributed by atoms with E-state index in [4.69, 9.17) is 0 Å². The summed E-state index contributed by atoms with van der Waals surface area (Å²) in [6.07, 6.45) is 1.57. The summed E-state index contributed by atoms with van der Waals surface area (Å²) in [5.41, 5.74) is 4.78. The van der Waals surface area contributed by atoms with Crippen LogP contribution in [0.25, 0.3) is 0 Å². The SMILES string of the molecule is CNCCC(=O)Nc1ccccc1CN1CCc2ccccc21. The summed E-state index contributed by atoms with van der Waals surface area (Å²) >= 11 is 0. The molecule has 1 aliphatic heterocycles. The molecule has 0 unspecified atom stereocenters. The zero-order valence-electron chi connectivity index (χ0n) is 13.5. The monoisotopic (exact) mass is 309 g/mol. The molecule has 4 heteroatoms. The molecular formula is C19H23N3O. The lowest BCUT2D eigenvalue weighted by Gasteiger charge is -2.21. The molecule has 120 valence electrons. The highest BCUT2D eigenvalue weighted by molar-refractivity contribution is 5.91. The van der Waals surface area contributed by atoms with Gasteiger partial charge < -0.3 is 15.5 Å². The predicted octanol–water partition coefficient (Wildman–Crippen LogP) is 2.80. The van der Waals surface area contributed by atoms with E-state index >= 15 is 0 Å². The Morgan fingerprint density at radius 2 is 1.91 bits per heavy atom. The smallest absolute Gasteiger partial charge is 0.225 e. The minimum Gasteiger partial charge on any atom is -0.367 e. The first-order valence-electron chi connectivity index (χ1n) is 8.13. The van der Waals surface area contributed by atoms with Crippen LogP contribution in [0.1, 0.15) is 17.5 Å². The molecule has 1 amide bonds. The van der Waals surface area contributed by atoms with E-state index < -0.39 is 0 Å². The Morgan fingerprint density at radius 1 is 1.13 bits per heavy atom. The zero-order valence-corrected chi connectivity index (χ0v) is 13.5. The third kappa shape index (κ3) is 3.71. The van der Waals surface area contributed by atoms with E-state index in [2.05, 4.69) is 45.9 Å². The molecule has 2 N–H and O–H groups in total. The Morgan fingerprint density at radius 3 is 2.78 bits per heavy atom. The van der Waals surface area contributed by atoms with Gasteiger partial charge in [0.1, 0.15) is 0 Å². The van der Waals surface area contributed by atoms with Crippen molar-refractivity contribution in [3.63, 3.8) is 0 Å². The lowest BCUT2D eigenvalue weighted by atomic mass is 10.1. The van der Waals surface area contributed by atoms with Crippen LogP contribution in [-0.2, 0) is 17.8 Å². The van der Waals surface area contributed by atoms with Gasteiger partial charge in [0.2, 0.25) is 5.91 Å². The Balaban J connectivity index is 1.73. The van der Waals surface area contributed by atoms with Gasteiger partial charge in [-0.05, 0) is 36.7 Å². The number of carbonyl (C=O) groups excluding carboxylic acids is 1. The molecule has 2 aromatic rings. The molecule has 0 saturated heterocycles. The molecule has 0 fully saturated rings. The topological polar surface area (TPSA) is 44.4 Å². The number of fused-ring (bicyclic) bond motifs is 1. The van der Waals surface area contributed by atoms with Gasteiger partial charge in [-0.1, -0.05) is 36.4 Å². The number of hydrogen-bond acceptors (Lipinski definition) is 3. The van der Waals surface area contributed by atoms with Crippen LogP contribution in [-0.4, -0.2) is 26.0 Å². The molecule has 3 rings (SSSR count). The number of hydrogen-bond donors (Lipinski definition) is 2. The second kappa shape index (κ2) is 7.29. The van der Waals surface area contributed by atoms with Crippen molar-refractivity contribution in [2.75, 3.05) is 30.4 Å². The summed E-state index contributed by atoms with van der Waals surface area (Å²) in [7, 11) is 1.85. The van der Waals surface area contributed by atoms with Gasteiger partial charge in [-0.2, -0.15) is 0 Å². The third-order valence-electron chi connectivity index (χ3n) is 4.24. The summed E-state index contributed by atoms with van der Waals surface area (Å²) in [6, 6.07) is 16.6. The van der Waals surface area contributed by atoms with Crippen LogP contribution >= 0.6 is 0 Å². The minimum atomic E-state index is 0.0497. The molecule has 2 aromatic carbocycles. The molecule has 0 saturated carbocycles. The van der Waals surface area contributed by atoms with Crippen LogP contribution in [0, 0.1) is 0 Å². The molecule has 0 aliphatic carbocycles. The largest absolute Gasteiger partial charge is 0.367 e. The van der Waals surface area contributed by atoms with E-state index in [0.717, 1.165) is 30.8 Å². The highest BCUT2D eigenvalue weighted by Crippen LogP contribution is 2.30. The van der Waals surface area contributed by atoms with Crippen LogP contribution in [0.2, 0.25) is 0 Å². The Kier molecular flexibility index (Phi) is 4.93. The first-order valence-corrected chi connectivity index (χ1v) is 8.13. The number of anilines is 2. The van der Waals surface area contributed by atoms with Gasteiger partial charge in [0.15, 0.2) is 0 Å². The van der Waals surface area contributed by atoms with E-state index in [9.17, 15) is 4.79 Å². The number of nitrogens with zero attached hydrogens (tertiary/aromatic N) is 1. The number of nitrogens with one attached hydrogen (secondary N) is 2. The van der Waals surface area contributed by atoms with Crippen molar-refractivity contribution in [3.8, 4) is 0 Å². The zero-order chi connectivity index (χ0) is 16.1. The van der Waals surface area contributed by atoms with Crippen molar-refractivity contribution >= 4 is 17.3 Å². The molecule has 4 nitrogen and oxygen atoms in total. The standard InChI is InChI=1S/C19H23N3O/c1-20-12-10-19(23)21-17-8-4-2-7-16(17)14-22-13-11-15-6-3-5-9-18(15)22/h2-9,20H,10-14H2,1H3,(H,21,23). The van der Waals surface area contributed by atoms with Gasteiger partial charge in [0.25, 0.3) is 0 Å². The molecule has 0 aromatic heterocycles. The van der Waals surface area contributed by atoms with Crippen molar-refractivity contribution in [3.05, 3.63) is 59.7 Å². The van der Waals surface area contributed by atoms with E-state index in [0.29, 0.717) is 13.0 Å². The predicted molar refractivity (Wildman–Crippen MR) is 94.8 cm³/mol. The van der Waals surface area contributed by atoms with Crippen LogP contribution in [0.15, 0.2) is 48.5 Å². The fourth-order valence-electron chi connectivity index (χ4n) is 3.01. The highest BCUT2D eigenvalue weighted by Gasteiger charge is 2.19. The molecule has 0 spiro atoms. The number of benzene rings is 2. The van der Waals surface area contributed by atoms with Crippen LogP contribution in [0.4, 0.5) is 11.4 Å². The molecular weight excluding hydrogens is 286 g/mol. The maximum absolute atomic E-state index is 12.0. The van der Waals surface area contributed by atoms with Gasteiger partial charge >= 0.3 is 0 Å². The summed E-state index contributed by atoms with van der Waals surface area (Å²) in [4.78, 5) is 14.4. The third-order valence-corrected chi connectivity index (χ3v) is 4.24. The second-order valence-electron chi connectivity index (χ2n) is 5.86. The first-order chi connectivity index (χ1) is 11.3. The maximum Gasteiger partial charge on any atom is 0.225 e. The minimum absolute atomic E-state index is 0.0497. The summed E-state index contributed by atoms with van der Waals surface area (Å²) in [6.45, 7) is 2.54. The van der Waals surface area contributed by atoms with Crippen LogP contribution in [0.3, 0.4) is 0 Å². The Labute approximate surface area is 137 Å². The van der Waals surface area contributed by atoms with E-state index in [1.54, 1.807) is 0 Å². The molecule has 1 aliphatic rings. The Hall–Kier alpha value is -2.33. The van der Waals surface area contributed by atoms with Crippen LogP contribution in [0.5, 0.6) is 0 Å². The molecule has 1 heterocycles. The van der Waals surface area contributed by atoms with Gasteiger partial charge in [-0.25, -0.2) is 0 Å². The van der Waals surface area contributed by atoms with Gasteiger partial charge in [-0.3, -0.25) is 4.79 Å². The van der Waals surface area contributed by atoms with Crippen LogP contribution < -0.4 is 15.5 Å². The summed E-state index contributed by atoms with van der Waals surface area (Å²) < 4.78 is 0. The van der Waals surface area contributed by atoms with Crippen molar-refractivity contribution in [2.24, 2.45) is 0 Å². The van der Waals surface area contributed by atoms with E-state index in [-0.39, 0.29) is 5.91 Å². The van der Waals surface area contributed by atoms with E-state index in [1.807, 2.05) is 25.2 Å². The van der Waals surface area contributed by atoms with Crippen molar-refractivity contribution in [1.82, 2.24) is 5.32 Å². The molecule has 0 atom stereocenters. The summed E-state index contributed by atoms with van der Waals surface area (Å²) in [5, 5.41) is 6.04. The number of rotatable bonds is 6. The fourth-order valence-corrected chi connectivity index (χ4v) is 3.01. The first kappa shape index (κ1) is 15.6. The van der Waals surface area contributed by atoms with Crippen molar-refractivity contribution in [2.45, 2.75) is 19.4 Å². The lowest BCUT2D eigenvalue weighted by Crippen LogP contribution is -2.22. The van der Waals surface area contributed by atoms with Gasteiger partial charge in [0, 0.05) is 37.4 Å². The van der Waals surface area contributed by atoms with E-state index in [1.165, 1.54) is 11.3 Å². The summed E-state index contributed by atoms with van der Waals surface area (Å²) in [5.74, 6) is 0.0497. The normalized spacial score (nSPS) is 13.0. The number of amides is 1. The quantitative estimate of drug-likeness (QED) is 0.862.